The molecule has 0 aliphatic rings. The van der Waals surface area contributed by atoms with Gasteiger partial charge in [-0.15, -0.1) is 22.7 Å². The summed E-state index contributed by atoms with van der Waals surface area (Å²) in [5, 5.41) is 16.1. The lowest BCUT2D eigenvalue weighted by Gasteiger charge is -2.26. The summed E-state index contributed by atoms with van der Waals surface area (Å²) in [4.78, 5) is 4.85. The van der Waals surface area contributed by atoms with Crippen LogP contribution in [-0.4, -0.2) is 9.13 Å². The fourth-order valence-electron chi connectivity index (χ4n) is 14.7. The maximum absolute atomic E-state index is 7.18. The van der Waals surface area contributed by atoms with Crippen LogP contribution >= 0.6 is 22.7 Å². The molecule has 6 aromatic heterocycles. The van der Waals surface area contributed by atoms with Crippen LogP contribution in [0.25, 0.3) is 150 Å². The summed E-state index contributed by atoms with van der Waals surface area (Å²) in [7, 11) is 0. The third kappa shape index (κ3) is 7.19. The van der Waals surface area contributed by atoms with E-state index in [1.165, 1.54) is 72.9 Å². The van der Waals surface area contributed by atoms with Crippen LogP contribution in [0, 0.1) is 0 Å². The van der Waals surface area contributed by atoms with Gasteiger partial charge in [-0.25, -0.2) is 0 Å². The van der Waals surface area contributed by atoms with E-state index in [-0.39, 0.29) is 0 Å². The average molecular weight is 1190 g/mol. The second kappa shape index (κ2) is 19.0. The van der Waals surface area contributed by atoms with E-state index in [9.17, 15) is 0 Å². The molecule has 20 aromatic rings. The largest absolute Gasteiger partial charge is 0.455 e. The molecule has 0 unspecified atom stereocenters. The summed E-state index contributed by atoms with van der Waals surface area (Å²) < 4.78 is 24.1. The molecule has 0 saturated carbocycles. The van der Waals surface area contributed by atoms with Gasteiger partial charge >= 0.3 is 0 Å². The molecule has 8 heteroatoms. The third-order valence-corrected chi connectivity index (χ3v) is 21.1. The van der Waals surface area contributed by atoms with Crippen molar-refractivity contribution in [2.45, 2.75) is 0 Å². The Balaban J connectivity index is 0.744. The molecule has 6 nitrogen and oxygen atoms in total. The highest BCUT2D eigenvalue weighted by molar-refractivity contribution is 7.26. The van der Waals surface area contributed by atoms with Crippen LogP contribution in [0.15, 0.2) is 300 Å². The number of hydrogen-bond donors (Lipinski definition) is 0. The van der Waals surface area contributed by atoms with Crippen molar-refractivity contribution in [1.29, 1.82) is 0 Å². The van der Waals surface area contributed by atoms with Crippen molar-refractivity contribution < 1.29 is 8.83 Å². The summed E-state index contributed by atoms with van der Waals surface area (Å²) >= 11 is 3.69. The van der Waals surface area contributed by atoms with E-state index in [4.69, 9.17) is 8.83 Å². The summed E-state index contributed by atoms with van der Waals surface area (Å²) in [6, 6.07) is 106. The third-order valence-electron chi connectivity index (χ3n) is 18.7. The lowest BCUT2D eigenvalue weighted by Crippen LogP contribution is -2.10. The van der Waals surface area contributed by atoms with E-state index in [1.54, 1.807) is 0 Å². The Morgan fingerprint density at radius 1 is 0.244 bits per heavy atom. The SMILES string of the molecule is c1ccc(-n2c3ccccc3c3cc(N(c4ccc5c(c4)oc4c5ccc5c4ccc4c6ccc(N(c7ccc8c(c7)c7ccccc7n8-c7ccccc7)c7cccc8c7sc7ccccc78)cc6oc45)c4cccc5c4sc4ccccc45)ccc32)cc1. The summed E-state index contributed by atoms with van der Waals surface area (Å²) in [5.74, 6) is 0. The van der Waals surface area contributed by atoms with Crippen LogP contribution in [0.3, 0.4) is 0 Å². The Morgan fingerprint density at radius 3 is 1.04 bits per heavy atom. The normalized spacial score (nSPS) is 12.2. The van der Waals surface area contributed by atoms with Crippen LogP contribution in [0.1, 0.15) is 0 Å². The number of nitrogens with zero attached hydrogens (tertiary/aromatic N) is 4. The van der Waals surface area contributed by atoms with Gasteiger partial charge in [0, 0.05) is 131 Å². The number of hydrogen-bond acceptors (Lipinski definition) is 6. The van der Waals surface area contributed by atoms with Gasteiger partial charge in [0.1, 0.15) is 22.3 Å². The molecule has 0 N–H and O–H groups in total. The zero-order valence-corrected chi connectivity index (χ0v) is 49.8. The number of benzene rings is 14. The second-order valence-corrected chi connectivity index (χ2v) is 25.6. The highest BCUT2D eigenvalue weighted by Crippen LogP contribution is 2.51. The molecule has 0 atom stereocenters. The van der Waals surface area contributed by atoms with Gasteiger partial charge in [0.05, 0.1) is 42.8 Å². The molecule has 0 aliphatic carbocycles. The van der Waals surface area contributed by atoms with Gasteiger partial charge < -0.3 is 27.8 Å². The number of anilines is 6. The zero-order chi connectivity index (χ0) is 58.7. The van der Waals surface area contributed by atoms with Crippen LogP contribution < -0.4 is 9.80 Å². The van der Waals surface area contributed by atoms with Gasteiger partial charge in [-0.3, -0.25) is 0 Å². The van der Waals surface area contributed by atoms with Gasteiger partial charge in [-0.05, 0) is 146 Å². The molecule has 90 heavy (non-hydrogen) atoms. The first-order valence-corrected chi connectivity index (χ1v) is 32.1. The van der Waals surface area contributed by atoms with Gasteiger partial charge in [0.2, 0.25) is 0 Å². The molecule has 420 valence electrons. The molecule has 0 amide bonds. The van der Waals surface area contributed by atoms with Crippen molar-refractivity contribution in [3.8, 4) is 11.4 Å². The van der Waals surface area contributed by atoms with Crippen molar-refractivity contribution in [2.75, 3.05) is 9.80 Å². The molecule has 0 aliphatic heterocycles. The molecule has 0 radical (unpaired) electrons. The predicted molar refractivity (Wildman–Crippen MR) is 382 cm³/mol. The minimum absolute atomic E-state index is 0.816. The van der Waals surface area contributed by atoms with Crippen LogP contribution in [0.4, 0.5) is 34.1 Å². The molecular formula is C82H48N4O2S2. The van der Waals surface area contributed by atoms with Gasteiger partial charge in [0.15, 0.2) is 0 Å². The minimum atomic E-state index is 0.816. The van der Waals surface area contributed by atoms with E-state index < -0.39 is 0 Å². The van der Waals surface area contributed by atoms with E-state index in [0.717, 1.165) is 111 Å². The van der Waals surface area contributed by atoms with E-state index in [1.807, 2.05) is 22.7 Å². The molecule has 0 spiro atoms. The molecule has 0 saturated heterocycles. The fraction of sp³-hybridized carbons (Fsp3) is 0. The highest BCUT2D eigenvalue weighted by atomic mass is 32.1. The van der Waals surface area contributed by atoms with Crippen molar-refractivity contribution in [3.63, 3.8) is 0 Å². The topological polar surface area (TPSA) is 42.6 Å². The smallest absolute Gasteiger partial charge is 0.143 e. The summed E-state index contributed by atoms with van der Waals surface area (Å²) in [6.07, 6.45) is 0. The second-order valence-electron chi connectivity index (χ2n) is 23.5. The number of rotatable bonds is 8. The standard InChI is InChI=1S/C82H48N4O2S2/c1-3-17-49(18-4-1)85-69-27-11-7-21-55(69)67-45-51(35-43-71(67)85)83(73-29-15-25-65-59-23-9-13-31-77(59)89-81(65)73)53-33-37-57-61-39-41-64-63(79(61)87-75(57)47-53)42-40-62-58-38-34-54(48-76(58)88-80(62)64)84(74-30-16-26-66-60-24-10-14-32-78(60)90-82(66)74)52-36-44-72-68(46-52)56-22-8-12-28-70(56)86(72)50-19-5-2-6-20-50/h1-48H. The highest BCUT2D eigenvalue weighted by Gasteiger charge is 2.26. The maximum Gasteiger partial charge on any atom is 0.143 e. The van der Waals surface area contributed by atoms with Crippen LogP contribution in [0.2, 0.25) is 0 Å². The monoisotopic (exact) mass is 1180 g/mol. The van der Waals surface area contributed by atoms with Crippen molar-refractivity contribution in [3.05, 3.63) is 291 Å². The number of para-hydroxylation sites is 4. The van der Waals surface area contributed by atoms with Crippen molar-refractivity contribution in [2.24, 2.45) is 0 Å². The molecule has 6 heterocycles. The van der Waals surface area contributed by atoms with E-state index >= 15 is 0 Å². The quantitative estimate of drug-likeness (QED) is 0.152. The Kier molecular flexibility index (Phi) is 10.5. The Hall–Kier alpha value is -11.4. The Morgan fingerprint density at radius 2 is 0.589 bits per heavy atom. The van der Waals surface area contributed by atoms with Gasteiger partial charge in [-0.1, -0.05) is 133 Å². The molecular weight excluding hydrogens is 1140 g/mol. The zero-order valence-electron chi connectivity index (χ0n) is 48.1. The van der Waals surface area contributed by atoms with Crippen molar-refractivity contribution in [1.82, 2.24) is 9.13 Å². The van der Waals surface area contributed by atoms with E-state index in [0.29, 0.717) is 0 Å². The maximum atomic E-state index is 7.18. The van der Waals surface area contributed by atoms with Crippen LogP contribution in [0.5, 0.6) is 0 Å². The fourth-order valence-corrected chi connectivity index (χ4v) is 17.1. The molecule has 0 bridgehead atoms. The minimum Gasteiger partial charge on any atom is -0.455 e. The van der Waals surface area contributed by atoms with Gasteiger partial charge in [-0.2, -0.15) is 0 Å². The summed E-state index contributed by atoms with van der Waals surface area (Å²) in [6.45, 7) is 0. The first-order valence-electron chi connectivity index (χ1n) is 30.5. The number of furan rings is 2. The first kappa shape index (κ1) is 49.7. The first-order chi connectivity index (χ1) is 44.6. The lowest BCUT2D eigenvalue weighted by molar-refractivity contribution is 0.669. The van der Waals surface area contributed by atoms with Gasteiger partial charge in [0.25, 0.3) is 0 Å². The van der Waals surface area contributed by atoms with Crippen LogP contribution in [-0.2, 0) is 0 Å². The Bertz CT molecular complexity index is 5990. The Labute approximate surface area is 522 Å². The number of thiophene rings is 2. The average Bonchev–Trinajstić information content (AvgIpc) is 1.77. The predicted octanol–water partition coefficient (Wildman–Crippen LogP) is 24.5. The number of aromatic nitrogens is 2. The molecule has 20 rings (SSSR count). The summed E-state index contributed by atoms with van der Waals surface area (Å²) in [5.41, 5.74) is 16.6. The lowest BCUT2D eigenvalue weighted by atomic mass is 10.0. The van der Waals surface area contributed by atoms with E-state index in [2.05, 4.69) is 310 Å². The molecule has 0 fully saturated rings. The number of fused-ring (bicyclic) bond motifs is 21. The molecule has 14 aromatic carbocycles. The van der Waals surface area contributed by atoms with Crippen molar-refractivity contribution >= 4 is 195 Å².